The third kappa shape index (κ3) is 1.86. The van der Waals surface area contributed by atoms with E-state index in [9.17, 15) is 0 Å². The molecule has 0 unspecified atom stereocenters. The van der Waals surface area contributed by atoms with Gasteiger partial charge in [0.1, 0.15) is 11.6 Å². The predicted molar refractivity (Wildman–Crippen MR) is 90.2 cm³/mol. The molecule has 22 heavy (non-hydrogen) atoms. The second kappa shape index (κ2) is 4.88. The standard InChI is InChI=1S/C19H16N2O/c1-21-18-11-10-14(22-2)12-17(18)20-19(21)16-9-5-7-13-6-3-4-8-15(13)16/h3-12H,1-2H3. The molecule has 0 aliphatic rings. The van der Waals surface area contributed by atoms with Crippen molar-refractivity contribution in [1.82, 2.24) is 9.55 Å². The number of aromatic nitrogens is 2. The molecule has 0 N–H and O–H groups in total. The van der Waals surface area contributed by atoms with E-state index in [-0.39, 0.29) is 0 Å². The quantitative estimate of drug-likeness (QED) is 0.546. The number of methoxy groups -OCH3 is 1. The fourth-order valence-electron chi connectivity index (χ4n) is 2.97. The summed E-state index contributed by atoms with van der Waals surface area (Å²) in [7, 11) is 3.73. The van der Waals surface area contributed by atoms with Crippen molar-refractivity contribution in [1.29, 1.82) is 0 Å². The first-order valence-corrected chi connectivity index (χ1v) is 7.26. The lowest BCUT2D eigenvalue weighted by Gasteiger charge is -2.06. The van der Waals surface area contributed by atoms with Crippen molar-refractivity contribution in [3.8, 4) is 17.1 Å². The van der Waals surface area contributed by atoms with Crippen LogP contribution in [0.3, 0.4) is 0 Å². The van der Waals surface area contributed by atoms with E-state index < -0.39 is 0 Å². The molecule has 0 radical (unpaired) electrons. The van der Waals surface area contributed by atoms with Gasteiger partial charge in [0.15, 0.2) is 0 Å². The van der Waals surface area contributed by atoms with Crippen LogP contribution < -0.4 is 4.74 Å². The summed E-state index contributed by atoms with van der Waals surface area (Å²) in [6, 6.07) is 20.7. The van der Waals surface area contributed by atoms with E-state index in [1.807, 2.05) is 12.1 Å². The lowest BCUT2D eigenvalue weighted by molar-refractivity contribution is 0.415. The number of hydrogen-bond acceptors (Lipinski definition) is 2. The molecular weight excluding hydrogens is 272 g/mol. The van der Waals surface area contributed by atoms with Gasteiger partial charge in [0.25, 0.3) is 0 Å². The lowest BCUT2D eigenvalue weighted by Crippen LogP contribution is -1.93. The molecule has 0 atom stereocenters. The molecule has 108 valence electrons. The Bertz CT molecular complexity index is 980. The highest BCUT2D eigenvalue weighted by atomic mass is 16.5. The molecule has 3 heteroatoms. The molecule has 0 aliphatic heterocycles. The van der Waals surface area contributed by atoms with Crippen molar-refractivity contribution in [2.24, 2.45) is 7.05 Å². The highest BCUT2D eigenvalue weighted by Crippen LogP contribution is 2.31. The first-order valence-electron chi connectivity index (χ1n) is 7.26. The molecule has 1 heterocycles. The van der Waals surface area contributed by atoms with Crippen LogP contribution in [0.5, 0.6) is 5.75 Å². The minimum absolute atomic E-state index is 0.829. The average Bonchev–Trinajstić information content (AvgIpc) is 2.90. The summed E-state index contributed by atoms with van der Waals surface area (Å²) in [6.45, 7) is 0. The highest BCUT2D eigenvalue weighted by molar-refractivity contribution is 5.96. The lowest BCUT2D eigenvalue weighted by atomic mass is 10.0. The zero-order valence-corrected chi connectivity index (χ0v) is 12.6. The topological polar surface area (TPSA) is 27.1 Å². The SMILES string of the molecule is COc1ccc2c(c1)nc(-c1cccc3ccccc13)n2C. The first kappa shape index (κ1) is 12.9. The summed E-state index contributed by atoms with van der Waals surface area (Å²) in [4.78, 5) is 4.82. The monoisotopic (exact) mass is 288 g/mol. The van der Waals surface area contributed by atoms with Gasteiger partial charge in [0.2, 0.25) is 0 Å². The van der Waals surface area contributed by atoms with Crippen molar-refractivity contribution in [2.45, 2.75) is 0 Å². The average molecular weight is 288 g/mol. The van der Waals surface area contributed by atoms with E-state index in [1.165, 1.54) is 10.8 Å². The maximum Gasteiger partial charge on any atom is 0.141 e. The van der Waals surface area contributed by atoms with Crippen LogP contribution in [-0.2, 0) is 7.05 Å². The van der Waals surface area contributed by atoms with Gasteiger partial charge in [-0.3, -0.25) is 0 Å². The van der Waals surface area contributed by atoms with Crippen LogP contribution in [0.1, 0.15) is 0 Å². The molecule has 0 bridgehead atoms. The summed E-state index contributed by atoms with van der Waals surface area (Å²) >= 11 is 0. The highest BCUT2D eigenvalue weighted by Gasteiger charge is 2.12. The van der Waals surface area contributed by atoms with Crippen LogP contribution in [-0.4, -0.2) is 16.7 Å². The number of aryl methyl sites for hydroxylation is 1. The first-order chi connectivity index (χ1) is 10.8. The molecule has 0 aliphatic carbocycles. The van der Waals surface area contributed by atoms with Crippen LogP contribution in [0.25, 0.3) is 33.2 Å². The molecule has 1 aromatic heterocycles. The van der Waals surface area contributed by atoms with E-state index in [2.05, 4.69) is 60.1 Å². The van der Waals surface area contributed by atoms with Gasteiger partial charge in [-0.25, -0.2) is 4.98 Å². The summed E-state index contributed by atoms with van der Waals surface area (Å²) in [5.74, 6) is 1.80. The molecule has 3 nitrogen and oxygen atoms in total. The second-order valence-electron chi connectivity index (χ2n) is 5.38. The van der Waals surface area contributed by atoms with E-state index in [0.29, 0.717) is 0 Å². The molecule has 4 rings (SSSR count). The van der Waals surface area contributed by atoms with E-state index in [4.69, 9.17) is 9.72 Å². The maximum absolute atomic E-state index is 5.30. The normalized spacial score (nSPS) is 11.2. The number of rotatable bonds is 2. The molecule has 0 saturated carbocycles. The minimum Gasteiger partial charge on any atom is -0.497 e. The summed E-state index contributed by atoms with van der Waals surface area (Å²) < 4.78 is 7.43. The van der Waals surface area contributed by atoms with Crippen molar-refractivity contribution in [3.63, 3.8) is 0 Å². The van der Waals surface area contributed by atoms with Gasteiger partial charge >= 0.3 is 0 Å². The van der Waals surface area contributed by atoms with Crippen LogP contribution in [0.4, 0.5) is 0 Å². The van der Waals surface area contributed by atoms with Crippen molar-refractivity contribution >= 4 is 21.8 Å². The molecule has 0 saturated heterocycles. The van der Waals surface area contributed by atoms with Crippen LogP contribution in [0.15, 0.2) is 60.7 Å². The van der Waals surface area contributed by atoms with Gasteiger partial charge < -0.3 is 9.30 Å². The third-order valence-electron chi connectivity index (χ3n) is 4.12. The fraction of sp³-hybridized carbons (Fsp3) is 0.105. The van der Waals surface area contributed by atoms with Gasteiger partial charge in [-0.15, -0.1) is 0 Å². The summed E-state index contributed by atoms with van der Waals surface area (Å²) in [5, 5.41) is 2.44. The molecular formula is C19H16N2O. The molecule has 3 aromatic carbocycles. The number of nitrogens with zero attached hydrogens (tertiary/aromatic N) is 2. The van der Waals surface area contributed by atoms with Crippen LogP contribution in [0.2, 0.25) is 0 Å². The Morgan fingerprint density at radius 3 is 2.64 bits per heavy atom. The zero-order valence-electron chi connectivity index (χ0n) is 12.6. The largest absolute Gasteiger partial charge is 0.497 e. The second-order valence-corrected chi connectivity index (χ2v) is 5.38. The van der Waals surface area contributed by atoms with Gasteiger partial charge in [0, 0.05) is 18.7 Å². The molecule has 0 amide bonds. The zero-order chi connectivity index (χ0) is 15.1. The Morgan fingerprint density at radius 1 is 0.955 bits per heavy atom. The van der Waals surface area contributed by atoms with Gasteiger partial charge in [-0.05, 0) is 22.9 Å². The third-order valence-corrected chi connectivity index (χ3v) is 4.12. The number of imidazole rings is 1. The molecule has 0 spiro atoms. The smallest absolute Gasteiger partial charge is 0.141 e. The van der Waals surface area contributed by atoms with Gasteiger partial charge in [-0.2, -0.15) is 0 Å². The van der Waals surface area contributed by atoms with Gasteiger partial charge in [0.05, 0.1) is 18.1 Å². The van der Waals surface area contributed by atoms with Crippen LogP contribution in [0, 0.1) is 0 Å². The fourth-order valence-corrected chi connectivity index (χ4v) is 2.97. The Kier molecular flexibility index (Phi) is 2.86. The summed E-state index contributed by atoms with van der Waals surface area (Å²) in [6.07, 6.45) is 0. The van der Waals surface area contributed by atoms with E-state index >= 15 is 0 Å². The Hall–Kier alpha value is -2.81. The van der Waals surface area contributed by atoms with E-state index in [1.54, 1.807) is 7.11 Å². The molecule has 4 aromatic rings. The number of fused-ring (bicyclic) bond motifs is 2. The van der Waals surface area contributed by atoms with Crippen molar-refractivity contribution < 1.29 is 4.74 Å². The van der Waals surface area contributed by atoms with Crippen molar-refractivity contribution in [3.05, 3.63) is 60.7 Å². The minimum atomic E-state index is 0.829. The molecule has 0 fully saturated rings. The van der Waals surface area contributed by atoms with Crippen molar-refractivity contribution in [2.75, 3.05) is 7.11 Å². The maximum atomic E-state index is 5.30. The summed E-state index contributed by atoms with van der Waals surface area (Å²) in [5.41, 5.74) is 3.20. The van der Waals surface area contributed by atoms with Gasteiger partial charge in [-0.1, -0.05) is 42.5 Å². The Labute approximate surface area is 128 Å². The predicted octanol–water partition coefficient (Wildman–Crippen LogP) is 4.40. The van der Waals surface area contributed by atoms with E-state index in [0.717, 1.165) is 28.2 Å². The Balaban J connectivity index is 2.02. The number of ether oxygens (including phenoxy) is 1. The van der Waals surface area contributed by atoms with Crippen LogP contribution >= 0.6 is 0 Å². The Morgan fingerprint density at radius 2 is 1.77 bits per heavy atom. The number of benzene rings is 3. The number of hydrogen-bond donors (Lipinski definition) is 0.